The van der Waals surface area contributed by atoms with Crippen LogP contribution in [-0.4, -0.2) is 195 Å². The molecule has 0 aliphatic rings. The molecule has 242 valence electrons. The van der Waals surface area contributed by atoms with Crippen molar-refractivity contribution in [1.29, 1.82) is 0 Å². The van der Waals surface area contributed by atoms with Crippen LogP contribution in [0.2, 0.25) is 0 Å². The van der Waals surface area contributed by atoms with Gasteiger partial charge in [0.25, 0.3) is 0 Å². The van der Waals surface area contributed by atoms with E-state index < -0.39 is 0 Å². The van der Waals surface area contributed by atoms with Crippen LogP contribution in [0.15, 0.2) is 0 Å². The lowest BCUT2D eigenvalue weighted by atomic mass is 10.3. The van der Waals surface area contributed by atoms with E-state index in [0.29, 0.717) is 45.8 Å². The minimum absolute atomic E-state index is 0.646. The van der Waals surface area contributed by atoms with Crippen LogP contribution in [0.4, 0.5) is 0 Å². The summed E-state index contributed by atoms with van der Waals surface area (Å²) < 4.78 is 0. The van der Waals surface area contributed by atoms with Gasteiger partial charge in [-0.25, -0.2) is 0 Å². The van der Waals surface area contributed by atoms with Gasteiger partial charge in [0, 0.05) is 170 Å². The number of nitrogens with two attached hydrogens (primary N) is 7. The third-order valence-electron chi connectivity index (χ3n) is 7.00. The fourth-order valence-electron chi connectivity index (χ4n) is 4.68. The minimum Gasteiger partial charge on any atom is -0.329 e. The minimum atomic E-state index is 0.646. The normalized spacial score (nSPS) is 12.3. The first kappa shape index (κ1) is 39.4. The molecule has 14 nitrogen and oxygen atoms in total. The summed E-state index contributed by atoms with van der Waals surface area (Å²) in [6.07, 6.45) is 0. The number of nitrogens with one attached hydrogen (secondary N) is 2. The summed E-state index contributed by atoms with van der Waals surface area (Å²) in [5.41, 5.74) is 40.5. The van der Waals surface area contributed by atoms with Gasteiger partial charge < -0.3 is 50.8 Å². The molecule has 0 radical (unpaired) electrons. The standard InChI is InChI=1S/C26H68N14/c27-1-8-34-9-19-39(20-11-35-10-18-36(12-2-28)13-3-29)23-26-40(24-21-37(14-4-30)15-5-31)25-22-38(16-6-32)17-7-33/h34-35H,1-33H2. The van der Waals surface area contributed by atoms with Gasteiger partial charge in [-0.1, -0.05) is 0 Å². The Balaban J connectivity index is 5.02. The van der Waals surface area contributed by atoms with Crippen LogP contribution in [0.5, 0.6) is 0 Å². The summed E-state index contributed by atoms with van der Waals surface area (Å²) in [5.74, 6) is 0. The van der Waals surface area contributed by atoms with E-state index in [1.807, 2.05) is 0 Å². The quantitative estimate of drug-likeness (QED) is 0.0341. The first-order valence-electron chi connectivity index (χ1n) is 15.5. The van der Waals surface area contributed by atoms with Crippen LogP contribution in [-0.2, 0) is 0 Å². The van der Waals surface area contributed by atoms with Crippen molar-refractivity contribution in [3.63, 3.8) is 0 Å². The summed E-state index contributed by atoms with van der Waals surface area (Å²) in [6.45, 7) is 22.3. The van der Waals surface area contributed by atoms with E-state index in [0.717, 1.165) is 124 Å². The Hall–Kier alpha value is -0.560. The highest BCUT2D eigenvalue weighted by Gasteiger charge is 2.14. The van der Waals surface area contributed by atoms with Crippen molar-refractivity contribution in [2.75, 3.05) is 170 Å². The summed E-state index contributed by atoms with van der Waals surface area (Å²) in [7, 11) is 0. The van der Waals surface area contributed by atoms with Gasteiger partial charge in [0.2, 0.25) is 0 Å². The zero-order valence-corrected chi connectivity index (χ0v) is 25.7. The molecule has 14 heteroatoms. The second-order valence-corrected chi connectivity index (χ2v) is 10.2. The van der Waals surface area contributed by atoms with Crippen molar-refractivity contribution in [1.82, 2.24) is 35.1 Å². The SMILES string of the molecule is NCCNCCN(CCNCCN(CCN)CCN)CCN(CCN(CCN)CCN)CCN(CCN)CCN. The highest BCUT2D eigenvalue weighted by molar-refractivity contribution is 4.71. The van der Waals surface area contributed by atoms with Gasteiger partial charge in [-0.2, -0.15) is 0 Å². The topological polar surface area (TPSA) is 222 Å². The maximum atomic E-state index is 5.85. The molecule has 0 bridgehead atoms. The molecule has 0 unspecified atom stereocenters. The van der Waals surface area contributed by atoms with Crippen LogP contribution in [0, 0.1) is 0 Å². The maximum Gasteiger partial charge on any atom is 0.0110 e. The van der Waals surface area contributed by atoms with Crippen molar-refractivity contribution < 1.29 is 0 Å². The van der Waals surface area contributed by atoms with Crippen LogP contribution >= 0.6 is 0 Å². The lowest BCUT2D eigenvalue weighted by Gasteiger charge is -2.32. The van der Waals surface area contributed by atoms with Gasteiger partial charge in [-0.15, -0.1) is 0 Å². The van der Waals surface area contributed by atoms with Gasteiger partial charge in [0.05, 0.1) is 0 Å². The third-order valence-corrected chi connectivity index (χ3v) is 7.00. The molecule has 0 heterocycles. The molecule has 0 amide bonds. The molecule has 0 aromatic rings. The second kappa shape index (κ2) is 29.9. The highest BCUT2D eigenvalue weighted by atomic mass is 15.3. The fourth-order valence-corrected chi connectivity index (χ4v) is 4.68. The predicted molar refractivity (Wildman–Crippen MR) is 171 cm³/mol. The summed E-state index contributed by atoms with van der Waals surface area (Å²) in [4.78, 5) is 12.1. The summed E-state index contributed by atoms with van der Waals surface area (Å²) >= 11 is 0. The van der Waals surface area contributed by atoms with Crippen LogP contribution in [0.1, 0.15) is 0 Å². The average Bonchev–Trinajstić information content (AvgIpc) is 2.94. The Morgan fingerprint density at radius 1 is 0.250 bits per heavy atom. The van der Waals surface area contributed by atoms with Crippen molar-refractivity contribution in [3.8, 4) is 0 Å². The zero-order valence-electron chi connectivity index (χ0n) is 25.7. The van der Waals surface area contributed by atoms with Crippen LogP contribution < -0.4 is 50.8 Å². The Labute approximate surface area is 245 Å². The Kier molecular flexibility index (Phi) is 29.5. The summed E-state index contributed by atoms with van der Waals surface area (Å²) in [5, 5.41) is 7.05. The maximum absolute atomic E-state index is 5.85. The Morgan fingerprint density at radius 2 is 0.475 bits per heavy atom. The molecular formula is C26H68N14. The number of nitrogens with zero attached hydrogens (tertiary/aromatic N) is 5. The van der Waals surface area contributed by atoms with Gasteiger partial charge in [0.15, 0.2) is 0 Å². The van der Waals surface area contributed by atoms with Crippen LogP contribution in [0.25, 0.3) is 0 Å². The van der Waals surface area contributed by atoms with E-state index in [-0.39, 0.29) is 0 Å². The number of hydrogen-bond acceptors (Lipinski definition) is 14. The predicted octanol–water partition coefficient (Wildman–Crippen LogP) is -5.61. The molecule has 0 saturated heterocycles. The molecule has 0 aromatic carbocycles. The smallest absolute Gasteiger partial charge is 0.0110 e. The molecule has 0 spiro atoms. The lowest BCUT2D eigenvalue weighted by molar-refractivity contribution is 0.158. The third kappa shape index (κ3) is 23.1. The fraction of sp³-hybridized carbons (Fsp3) is 1.00. The van der Waals surface area contributed by atoms with Crippen molar-refractivity contribution in [3.05, 3.63) is 0 Å². The average molecular weight is 577 g/mol. The first-order valence-corrected chi connectivity index (χ1v) is 15.5. The molecule has 0 saturated carbocycles. The Morgan fingerprint density at radius 3 is 0.750 bits per heavy atom. The molecule has 0 aliphatic carbocycles. The van der Waals surface area contributed by atoms with Gasteiger partial charge in [-0.3, -0.25) is 24.5 Å². The number of rotatable bonds is 32. The molecule has 0 rings (SSSR count). The van der Waals surface area contributed by atoms with Crippen molar-refractivity contribution in [2.24, 2.45) is 40.1 Å². The lowest BCUT2D eigenvalue weighted by Crippen LogP contribution is -2.47. The second-order valence-electron chi connectivity index (χ2n) is 10.2. The molecule has 0 atom stereocenters. The highest BCUT2D eigenvalue weighted by Crippen LogP contribution is 1.98. The van der Waals surface area contributed by atoms with Crippen molar-refractivity contribution >= 4 is 0 Å². The van der Waals surface area contributed by atoms with Gasteiger partial charge in [-0.05, 0) is 0 Å². The van der Waals surface area contributed by atoms with E-state index in [4.69, 9.17) is 40.1 Å². The molecule has 0 aromatic heterocycles. The van der Waals surface area contributed by atoms with Crippen LogP contribution in [0.3, 0.4) is 0 Å². The molecular weight excluding hydrogens is 508 g/mol. The monoisotopic (exact) mass is 577 g/mol. The molecule has 0 aliphatic heterocycles. The van der Waals surface area contributed by atoms with E-state index >= 15 is 0 Å². The van der Waals surface area contributed by atoms with Crippen molar-refractivity contribution in [2.45, 2.75) is 0 Å². The number of hydrogen-bond donors (Lipinski definition) is 9. The molecule has 0 fully saturated rings. The largest absolute Gasteiger partial charge is 0.329 e. The first-order chi connectivity index (χ1) is 19.6. The van der Waals surface area contributed by atoms with Gasteiger partial charge in [0.1, 0.15) is 0 Å². The Bertz CT molecular complexity index is 466. The van der Waals surface area contributed by atoms with E-state index in [2.05, 4.69) is 35.1 Å². The zero-order chi connectivity index (χ0) is 29.7. The summed E-state index contributed by atoms with van der Waals surface area (Å²) in [6, 6.07) is 0. The molecule has 16 N–H and O–H groups in total. The van der Waals surface area contributed by atoms with Gasteiger partial charge >= 0.3 is 0 Å². The van der Waals surface area contributed by atoms with E-state index in [1.54, 1.807) is 0 Å². The van der Waals surface area contributed by atoms with E-state index in [9.17, 15) is 0 Å². The van der Waals surface area contributed by atoms with E-state index in [1.165, 1.54) is 0 Å². The molecule has 40 heavy (non-hydrogen) atoms.